The van der Waals surface area contributed by atoms with E-state index in [2.05, 4.69) is 22.1 Å². The number of benzene rings is 1. The Morgan fingerprint density at radius 3 is 2.87 bits per heavy atom. The fraction of sp³-hybridized carbons (Fsp3) is 0.182. The fourth-order valence-corrected chi connectivity index (χ4v) is 1.54. The van der Waals surface area contributed by atoms with Crippen molar-refractivity contribution in [2.75, 3.05) is 12.3 Å². The van der Waals surface area contributed by atoms with Gasteiger partial charge in [0.25, 0.3) is 0 Å². The van der Waals surface area contributed by atoms with Crippen LogP contribution in [0.5, 0.6) is 0 Å². The molecule has 0 radical (unpaired) electrons. The molecular weight excluding hydrogens is 188 g/mol. The summed E-state index contributed by atoms with van der Waals surface area (Å²) in [5.41, 5.74) is 14.3. The second-order valence-corrected chi connectivity index (χ2v) is 3.42. The zero-order valence-electron chi connectivity index (χ0n) is 8.40. The number of hydrogen-bond donors (Lipinski definition) is 3. The molecule has 15 heavy (non-hydrogen) atoms. The second-order valence-electron chi connectivity index (χ2n) is 3.42. The molecule has 5 N–H and O–H groups in total. The zero-order valence-corrected chi connectivity index (χ0v) is 8.40. The van der Waals surface area contributed by atoms with E-state index in [0.29, 0.717) is 12.5 Å². The van der Waals surface area contributed by atoms with Crippen LogP contribution >= 0.6 is 0 Å². The lowest BCUT2D eigenvalue weighted by Crippen LogP contribution is -2.02. The minimum absolute atomic E-state index is 0.439. The lowest BCUT2D eigenvalue weighted by Gasteiger charge is -2.01. The Bertz CT molecular complexity index is 447. The molecule has 2 rings (SSSR count). The predicted octanol–water partition coefficient (Wildman–Crippen LogP) is 1.16. The number of nitrogens with zero attached hydrogens (tertiary/aromatic N) is 1. The van der Waals surface area contributed by atoms with Crippen molar-refractivity contribution in [1.82, 2.24) is 9.97 Å². The van der Waals surface area contributed by atoms with Gasteiger partial charge in [0.15, 0.2) is 5.95 Å². The summed E-state index contributed by atoms with van der Waals surface area (Å²) in [6.07, 6.45) is 2.62. The van der Waals surface area contributed by atoms with E-state index < -0.39 is 0 Å². The molecule has 0 spiro atoms. The summed E-state index contributed by atoms with van der Waals surface area (Å²) in [5.74, 6) is 0.439. The number of rotatable bonds is 3. The Balaban J connectivity index is 2.32. The molecule has 0 saturated heterocycles. The molecule has 1 aromatic carbocycles. The lowest BCUT2D eigenvalue weighted by molar-refractivity contribution is 0.969. The largest absolute Gasteiger partial charge is 0.369 e. The van der Waals surface area contributed by atoms with Gasteiger partial charge in [0, 0.05) is 0 Å². The van der Waals surface area contributed by atoms with E-state index in [0.717, 1.165) is 17.7 Å². The third-order valence-corrected chi connectivity index (χ3v) is 2.27. The molecular formula is C11H14N4. The first-order chi connectivity index (χ1) is 7.29. The van der Waals surface area contributed by atoms with E-state index in [1.165, 1.54) is 5.56 Å². The second kappa shape index (κ2) is 4.14. The van der Waals surface area contributed by atoms with E-state index in [1.54, 1.807) is 6.20 Å². The molecule has 78 valence electrons. The van der Waals surface area contributed by atoms with Gasteiger partial charge < -0.3 is 16.5 Å². The fourth-order valence-electron chi connectivity index (χ4n) is 1.54. The molecule has 0 fully saturated rings. The number of hydrogen-bond acceptors (Lipinski definition) is 3. The van der Waals surface area contributed by atoms with Gasteiger partial charge in [-0.3, -0.25) is 0 Å². The minimum atomic E-state index is 0.439. The maximum Gasteiger partial charge on any atom is 0.197 e. The summed E-state index contributed by atoms with van der Waals surface area (Å²) in [6, 6.07) is 8.19. The molecule has 2 aromatic rings. The van der Waals surface area contributed by atoms with Crippen LogP contribution in [0.3, 0.4) is 0 Å². The molecule has 0 aliphatic rings. The van der Waals surface area contributed by atoms with Crippen LogP contribution < -0.4 is 11.5 Å². The number of nitrogens with two attached hydrogens (primary N) is 2. The van der Waals surface area contributed by atoms with E-state index in [4.69, 9.17) is 11.5 Å². The molecule has 0 amide bonds. The third-order valence-electron chi connectivity index (χ3n) is 2.27. The summed E-state index contributed by atoms with van der Waals surface area (Å²) in [4.78, 5) is 6.96. The average Bonchev–Trinajstić information content (AvgIpc) is 2.66. The molecule has 1 heterocycles. The number of nitrogens with one attached hydrogen (secondary N) is 1. The van der Waals surface area contributed by atoms with Gasteiger partial charge >= 0.3 is 0 Å². The van der Waals surface area contributed by atoms with Crippen molar-refractivity contribution in [3.05, 3.63) is 36.0 Å². The number of H-pyrrole nitrogens is 1. The highest BCUT2D eigenvalue weighted by Gasteiger charge is 2.01. The first-order valence-electron chi connectivity index (χ1n) is 4.89. The summed E-state index contributed by atoms with van der Waals surface area (Å²) in [7, 11) is 0. The molecule has 1 aromatic heterocycles. The molecule has 4 nitrogen and oxygen atoms in total. The maximum absolute atomic E-state index is 5.53. The Morgan fingerprint density at radius 1 is 1.33 bits per heavy atom. The summed E-state index contributed by atoms with van der Waals surface area (Å²) in [5, 5.41) is 0. The molecule has 0 aliphatic carbocycles. The van der Waals surface area contributed by atoms with Crippen LogP contribution in [0, 0.1) is 0 Å². The van der Waals surface area contributed by atoms with Crippen molar-refractivity contribution in [3.8, 4) is 11.3 Å². The number of anilines is 1. The smallest absolute Gasteiger partial charge is 0.197 e. The van der Waals surface area contributed by atoms with Crippen molar-refractivity contribution in [3.63, 3.8) is 0 Å². The lowest BCUT2D eigenvalue weighted by atomic mass is 10.1. The molecule has 0 aliphatic heterocycles. The van der Waals surface area contributed by atoms with Crippen molar-refractivity contribution in [1.29, 1.82) is 0 Å². The average molecular weight is 202 g/mol. The van der Waals surface area contributed by atoms with Crippen LogP contribution in [0.2, 0.25) is 0 Å². The first kappa shape index (κ1) is 9.73. The monoisotopic (exact) mass is 202 g/mol. The Morgan fingerprint density at radius 2 is 2.20 bits per heavy atom. The van der Waals surface area contributed by atoms with Crippen LogP contribution in [0.1, 0.15) is 5.56 Å². The highest BCUT2D eigenvalue weighted by molar-refractivity contribution is 5.60. The van der Waals surface area contributed by atoms with Crippen molar-refractivity contribution < 1.29 is 0 Å². The van der Waals surface area contributed by atoms with Crippen LogP contribution in [0.15, 0.2) is 30.5 Å². The summed E-state index contributed by atoms with van der Waals surface area (Å²) >= 11 is 0. The zero-order chi connectivity index (χ0) is 10.7. The predicted molar refractivity (Wildman–Crippen MR) is 61.2 cm³/mol. The number of nitrogen functional groups attached to an aromatic ring is 1. The van der Waals surface area contributed by atoms with Crippen molar-refractivity contribution in [2.45, 2.75) is 6.42 Å². The quantitative estimate of drug-likeness (QED) is 0.698. The Hall–Kier alpha value is -1.81. The highest BCUT2D eigenvalue weighted by atomic mass is 15.0. The number of aromatic nitrogens is 2. The summed E-state index contributed by atoms with van der Waals surface area (Å²) in [6.45, 7) is 0.661. The summed E-state index contributed by atoms with van der Waals surface area (Å²) < 4.78 is 0. The van der Waals surface area contributed by atoms with E-state index in [9.17, 15) is 0 Å². The van der Waals surface area contributed by atoms with Crippen LogP contribution in [-0.2, 0) is 6.42 Å². The highest BCUT2D eigenvalue weighted by Crippen LogP contribution is 2.18. The molecule has 0 saturated carbocycles. The van der Waals surface area contributed by atoms with Gasteiger partial charge in [-0.25, -0.2) is 4.98 Å². The third kappa shape index (κ3) is 2.16. The van der Waals surface area contributed by atoms with Crippen LogP contribution in [0.25, 0.3) is 11.3 Å². The topological polar surface area (TPSA) is 80.7 Å². The van der Waals surface area contributed by atoms with E-state index in [1.807, 2.05) is 12.1 Å². The normalized spacial score (nSPS) is 10.5. The Kier molecular flexibility index (Phi) is 2.69. The first-order valence-corrected chi connectivity index (χ1v) is 4.89. The van der Waals surface area contributed by atoms with Crippen molar-refractivity contribution in [2.24, 2.45) is 5.73 Å². The number of aromatic amines is 1. The van der Waals surface area contributed by atoms with Gasteiger partial charge in [0.1, 0.15) is 0 Å². The van der Waals surface area contributed by atoms with Gasteiger partial charge in [-0.05, 0) is 30.2 Å². The van der Waals surface area contributed by atoms with Crippen LogP contribution in [0.4, 0.5) is 5.95 Å². The van der Waals surface area contributed by atoms with E-state index in [-0.39, 0.29) is 0 Å². The SMILES string of the molecule is NCCc1cccc(-c2cnc(N)[nH]2)c1. The molecule has 0 atom stereocenters. The van der Waals surface area contributed by atoms with Gasteiger partial charge in [-0.1, -0.05) is 18.2 Å². The Labute approximate surface area is 88.3 Å². The van der Waals surface area contributed by atoms with Gasteiger partial charge in [-0.2, -0.15) is 0 Å². The molecule has 4 heteroatoms. The van der Waals surface area contributed by atoms with E-state index >= 15 is 0 Å². The number of imidazole rings is 1. The minimum Gasteiger partial charge on any atom is -0.369 e. The van der Waals surface area contributed by atoms with Gasteiger partial charge in [-0.15, -0.1) is 0 Å². The van der Waals surface area contributed by atoms with Crippen molar-refractivity contribution >= 4 is 5.95 Å². The van der Waals surface area contributed by atoms with Gasteiger partial charge in [0.05, 0.1) is 11.9 Å². The van der Waals surface area contributed by atoms with Crippen LogP contribution in [-0.4, -0.2) is 16.5 Å². The molecule has 0 bridgehead atoms. The molecule has 0 unspecified atom stereocenters. The maximum atomic E-state index is 5.53. The van der Waals surface area contributed by atoms with Gasteiger partial charge in [0.2, 0.25) is 0 Å². The standard InChI is InChI=1S/C11H14N4/c12-5-4-8-2-1-3-9(6-8)10-7-14-11(13)15-10/h1-3,6-7H,4-5,12H2,(H3,13,14,15).